The van der Waals surface area contributed by atoms with Crippen molar-refractivity contribution in [1.29, 1.82) is 0 Å². The van der Waals surface area contributed by atoms with Crippen LogP contribution in [-0.4, -0.2) is 25.4 Å². The molecule has 0 saturated carbocycles. The summed E-state index contributed by atoms with van der Waals surface area (Å²) in [4.78, 5) is 17.4. The zero-order chi connectivity index (χ0) is 22.1. The molecule has 8 heteroatoms. The van der Waals surface area contributed by atoms with Crippen LogP contribution in [0.1, 0.15) is 36.4 Å². The minimum atomic E-state index is -3.87. The summed E-state index contributed by atoms with van der Waals surface area (Å²) in [5.41, 5.74) is 3.48. The lowest BCUT2D eigenvalue weighted by atomic mass is 10.0. The van der Waals surface area contributed by atoms with Crippen LogP contribution in [-0.2, 0) is 14.8 Å². The molecule has 0 fully saturated rings. The Morgan fingerprint density at radius 1 is 1.07 bits per heavy atom. The van der Waals surface area contributed by atoms with Crippen LogP contribution in [0.3, 0.4) is 0 Å². The largest absolute Gasteiger partial charge is 0.325 e. The van der Waals surface area contributed by atoms with Gasteiger partial charge in [-0.05, 0) is 74.6 Å². The second kappa shape index (κ2) is 8.83. The Morgan fingerprint density at radius 2 is 1.73 bits per heavy atom. The summed E-state index contributed by atoms with van der Waals surface area (Å²) in [6.45, 7) is 9.70. The van der Waals surface area contributed by atoms with E-state index in [0.717, 1.165) is 26.4 Å². The van der Waals surface area contributed by atoms with Crippen LogP contribution in [0.5, 0.6) is 0 Å². The Balaban J connectivity index is 1.85. The fourth-order valence-electron chi connectivity index (χ4n) is 3.40. The van der Waals surface area contributed by atoms with E-state index in [-0.39, 0.29) is 16.7 Å². The summed E-state index contributed by atoms with van der Waals surface area (Å²) in [7, 11) is -3.87. The Morgan fingerprint density at radius 3 is 2.37 bits per heavy atom. The maximum absolute atomic E-state index is 13.0. The van der Waals surface area contributed by atoms with Crippen molar-refractivity contribution in [3.05, 3.63) is 52.5 Å². The third-order valence-electron chi connectivity index (χ3n) is 4.59. The number of rotatable bonds is 7. The van der Waals surface area contributed by atoms with Crippen LogP contribution in [0, 0.1) is 26.7 Å². The number of hydrogen-bond donors (Lipinski definition) is 2. The number of nitrogens with zero attached hydrogens (tertiary/aromatic N) is 1. The normalized spacial score (nSPS) is 13.0. The molecule has 2 aromatic carbocycles. The van der Waals surface area contributed by atoms with Crippen molar-refractivity contribution in [3.63, 3.8) is 0 Å². The van der Waals surface area contributed by atoms with Crippen molar-refractivity contribution in [1.82, 2.24) is 9.71 Å². The third-order valence-corrected chi connectivity index (χ3v) is 6.99. The number of aromatic nitrogens is 1. The molecule has 0 aliphatic carbocycles. The van der Waals surface area contributed by atoms with Crippen molar-refractivity contribution >= 4 is 43.2 Å². The molecule has 0 aliphatic rings. The summed E-state index contributed by atoms with van der Waals surface area (Å²) in [5, 5.41) is 3.74. The van der Waals surface area contributed by atoms with Gasteiger partial charge in [0.05, 0.1) is 20.1 Å². The quantitative estimate of drug-likeness (QED) is 0.558. The van der Waals surface area contributed by atoms with Gasteiger partial charge in [0.25, 0.3) is 0 Å². The average molecular weight is 446 g/mol. The number of aryl methyl sites for hydroxylation is 3. The molecule has 0 radical (unpaired) electrons. The Kier molecular flexibility index (Phi) is 6.59. The molecule has 1 amide bonds. The second-order valence-electron chi connectivity index (χ2n) is 8.03. The van der Waals surface area contributed by atoms with Gasteiger partial charge in [-0.3, -0.25) is 4.79 Å². The van der Waals surface area contributed by atoms with Crippen molar-refractivity contribution in [2.24, 2.45) is 5.92 Å². The van der Waals surface area contributed by atoms with Gasteiger partial charge in [0.1, 0.15) is 6.04 Å². The van der Waals surface area contributed by atoms with Crippen LogP contribution in [0.2, 0.25) is 0 Å². The highest BCUT2D eigenvalue weighted by Crippen LogP contribution is 2.25. The Labute approximate surface area is 181 Å². The lowest BCUT2D eigenvalue weighted by Gasteiger charge is -2.20. The van der Waals surface area contributed by atoms with Crippen molar-refractivity contribution in [2.75, 3.05) is 5.32 Å². The molecule has 0 aliphatic heterocycles. The standard InChI is InChI=1S/C22H27N3O3S2/c1-13(2)8-20(22(26)24-17-10-14(3)9-15(4)11-17)25-30(27,28)18-6-7-19-21(12-18)29-16(5)23-19/h6-7,9-13,20,25H,8H2,1-5H3,(H,24,26). The Hall–Kier alpha value is -2.29. The van der Waals surface area contributed by atoms with E-state index in [1.54, 1.807) is 12.1 Å². The molecule has 0 saturated heterocycles. The van der Waals surface area contributed by atoms with Gasteiger partial charge in [-0.2, -0.15) is 4.72 Å². The molecule has 30 heavy (non-hydrogen) atoms. The molecule has 0 spiro atoms. The number of anilines is 1. The minimum Gasteiger partial charge on any atom is -0.325 e. The maximum atomic E-state index is 13.0. The first-order valence-corrected chi connectivity index (χ1v) is 12.1. The summed E-state index contributed by atoms with van der Waals surface area (Å²) < 4.78 is 29.5. The summed E-state index contributed by atoms with van der Waals surface area (Å²) in [6.07, 6.45) is 0.387. The van der Waals surface area contributed by atoms with E-state index in [2.05, 4.69) is 15.0 Å². The number of thiazole rings is 1. The zero-order valence-electron chi connectivity index (χ0n) is 17.8. The van der Waals surface area contributed by atoms with Gasteiger partial charge in [-0.15, -0.1) is 11.3 Å². The smallest absolute Gasteiger partial charge is 0.242 e. The van der Waals surface area contributed by atoms with E-state index >= 15 is 0 Å². The predicted molar refractivity (Wildman–Crippen MR) is 122 cm³/mol. The van der Waals surface area contributed by atoms with Gasteiger partial charge < -0.3 is 5.32 Å². The van der Waals surface area contributed by atoms with E-state index in [1.165, 1.54) is 17.4 Å². The lowest BCUT2D eigenvalue weighted by Crippen LogP contribution is -2.44. The summed E-state index contributed by atoms with van der Waals surface area (Å²) in [6, 6.07) is 9.70. The molecule has 6 nitrogen and oxygen atoms in total. The van der Waals surface area contributed by atoms with Crippen LogP contribution in [0.25, 0.3) is 10.2 Å². The van der Waals surface area contributed by atoms with Gasteiger partial charge >= 0.3 is 0 Å². The van der Waals surface area contributed by atoms with E-state index in [1.807, 2.05) is 52.8 Å². The number of fused-ring (bicyclic) bond motifs is 1. The highest BCUT2D eigenvalue weighted by Gasteiger charge is 2.27. The number of benzene rings is 2. The number of sulfonamides is 1. The molecular formula is C22H27N3O3S2. The van der Waals surface area contributed by atoms with Crippen LogP contribution >= 0.6 is 11.3 Å². The monoisotopic (exact) mass is 445 g/mol. The number of nitrogens with one attached hydrogen (secondary N) is 2. The van der Waals surface area contributed by atoms with Gasteiger partial charge in [0.15, 0.2) is 0 Å². The molecule has 3 rings (SSSR count). The van der Waals surface area contributed by atoms with Crippen molar-refractivity contribution in [3.8, 4) is 0 Å². The van der Waals surface area contributed by atoms with Crippen LogP contribution in [0.15, 0.2) is 41.3 Å². The molecule has 0 bridgehead atoms. The number of amides is 1. The predicted octanol–water partition coefficient (Wildman–Crippen LogP) is 4.55. The Bertz CT molecular complexity index is 1160. The molecule has 1 unspecified atom stereocenters. The fraction of sp³-hybridized carbons (Fsp3) is 0.364. The van der Waals surface area contributed by atoms with Crippen LogP contribution in [0.4, 0.5) is 5.69 Å². The van der Waals surface area contributed by atoms with Crippen molar-refractivity contribution in [2.45, 2.75) is 52.0 Å². The number of carbonyl (C=O) groups excluding carboxylic acids is 1. The second-order valence-corrected chi connectivity index (χ2v) is 11.0. The summed E-state index contributed by atoms with van der Waals surface area (Å²) in [5.74, 6) is -0.235. The molecule has 2 N–H and O–H groups in total. The average Bonchev–Trinajstić information content (AvgIpc) is 2.98. The third kappa shape index (κ3) is 5.44. The SMILES string of the molecule is Cc1cc(C)cc(NC(=O)C(CC(C)C)NS(=O)(=O)c2ccc3nc(C)sc3c2)c1. The highest BCUT2D eigenvalue weighted by molar-refractivity contribution is 7.89. The van der Waals surface area contributed by atoms with Gasteiger partial charge in [-0.1, -0.05) is 19.9 Å². The minimum absolute atomic E-state index is 0.131. The summed E-state index contributed by atoms with van der Waals surface area (Å²) >= 11 is 1.44. The van der Waals surface area contributed by atoms with E-state index in [0.29, 0.717) is 12.1 Å². The molecule has 1 atom stereocenters. The maximum Gasteiger partial charge on any atom is 0.242 e. The topological polar surface area (TPSA) is 88.2 Å². The molecular weight excluding hydrogens is 418 g/mol. The molecule has 1 heterocycles. The zero-order valence-corrected chi connectivity index (χ0v) is 19.4. The van der Waals surface area contributed by atoms with Gasteiger partial charge in [0.2, 0.25) is 15.9 Å². The number of hydrogen-bond acceptors (Lipinski definition) is 5. The molecule has 1 aromatic heterocycles. The lowest BCUT2D eigenvalue weighted by molar-refractivity contribution is -0.118. The fourth-order valence-corrected chi connectivity index (χ4v) is 5.57. The number of carbonyl (C=O) groups is 1. The first-order valence-electron chi connectivity index (χ1n) is 9.82. The first kappa shape index (κ1) is 22.4. The van der Waals surface area contributed by atoms with Gasteiger partial charge in [0, 0.05) is 5.69 Å². The van der Waals surface area contributed by atoms with E-state index in [4.69, 9.17) is 0 Å². The molecule has 3 aromatic rings. The highest BCUT2D eigenvalue weighted by atomic mass is 32.2. The van der Waals surface area contributed by atoms with Gasteiger partial charge in [-0.25, -0.2) is 13.4 Å². The molecule has 160 valence electrons. The van der Waals surface area contributed by atoms with E-state index in [9.17, 15) is 13.2 Å². The van der Waals surface area contributed by atoms with E-state index < -0.39 is 16.1 Å². The first-order chi connectivity index (χ1) is 14.0. The van der Waals surface area contributed by atoms with Crippen molar-refractivity contribution < 1.29 is 13.2 Å². The van der Waals surface area contributed by atoms with Crippen LogP contribution < -0.4 is 10.0 Å².